The quantitative estimate of drug-likeness (QED) is 0.725. The maximum absolute atomic E-state index is 12.6. The van der Waals surface area contributed by atoms with Gasteiger partial charge in [0.25, 0.3) is 0 Å². The van der Waals surface area contributed by atoms with Crippen molar-refractivity contribution in [3.05, 3.63) is 35.9 Å². The summed E-state index contributed by atoms with van der Waals surface area (Å²) < 4.78 is 0. The molecule has 1 aromatic rings. The number of amides is 2. The van der Waals surface area contributed by atoms with Gasteiger partial charge in [-0.15, -0.1) is 0 Å². The second-order valence-corrected chi connectivity index (χ2v) is 5.85. The summed E-state index contributed by atoms with van der Waals surface area (Å²) in [5.74, 6) is -0.0418. The van der Waals surface area contributed by atoms with Crippen molar-refractivity contribution in [3.63, 3.8) is 0 Å². The number of benzene rings is 1. The molecule has 2 saturated heterocycles. The van der Waals surface area contributed by atoms with Crippen LogP contribution in [0.25, 0.3) is 0 Å². The van der Waals surface area contributed by atoms with Crippen LogP contribution < -0.4 is 16.2 Å². The van der Waals surface area contributed by atoms with Gasteiger partial charge in [0.1, 0.15) is 6.04 Å². The van der Waals surface area contributed by atoms with Gasteiger partial charge in [0.05, 0.1) is 5.92 Å². The third kappa shape index (κ3) is 2.84. The minimum Gasteiger partial charge on any atom is -0.352 e. The Balaban J connectivity index is 1.67. The molecule has 0 bridgehead atoms. The van der Waals surface area contributed by atoms with Crippen LogP contribution in [0.1, 0.15) is 12.5 Å². The van der Waals surface area contributed by atoms with Crippen LogP contribution in [0.3, 0.4) is 0 Å². The van der Waals surface area contributed by atoms with Gasteiger partial charge in [-0.3, -0.25) is 15.0 Å². The molecular formula is C16H22N4O2. The van der Waals surface area contributed by atoms with Gasteiger partial charge < -0.3 is 10.2 Å². The van der Waals surface area contributed by atoms with Gasteiger partial charge in [-0.25, -0.2) is 5.43 Å². The highest BCUT2D eigenvalue weighted by atomic mass is 16.2. The number of hydrazine groups is 1. The maximum atomic E-state index is 12.6. The smallest absolute Gasteiger partial charge is 0.241 e. The van der Waals surface area contributed by atoms with E-state index in [0.29, 0.717) is 26.2 Å². The molecule has 3 atom stereocenters. The van der Waals surface area contributed by atoms with E-state index < -0.39 is 0 Å². The Morgan fingerprint density at radius 3 is 2.86 bits per heavy atom. The largest absolute Gasteiger partial charge is 0.352 e. The van der Waals surface area contributed by atoms with E-state index in [1.165, 1.54) is 0 Å². The number of carbonyl (C=O) groups excluding carboxylic acids is 2. The van der Waals surface area contributed by atoms with Crippen molar-refractivity contribution < 1.29 is 9.59 Å². The number of likely N-dealkylation sites (tertiary alicyclic amines) is 1. The molecule has 0 aromatic heterocycles. The van der Waals surface area contributed by atoms with E-state index in [9.17, 15) is 9.59 Å². The number of nitrogens with one attached hydrogen (secondary N) is 3. The molecule has 2 aliphatic rings. The number of fused-ring (bicyclic) bond motifs is 1. The number of likely N-dealkylation sites (N-methyl/N-ethyl adjacent to an activating group) is 1. The molecule has 22 heavy (non-hydrogen) atoms. The molecule has 2 fully saturated rings. The van der Waals surface area contributed by atoms with E-state index in [2.05, 4.69) is 16.2 Å². The first kappa shape index (κ1) is 15.0. The van der Waals surface area contributed by atoms with Crippen molar-refractivity contribution in [1.29, 1.82) is 0 Å². The third-order valence-corrected chi connectivity index (χ3v) is 4.56. The Morgan fingerprint density at radius 1 is 1.36 bits per heavy atom. The van der Waals surface area contributed by atoms with Gasteiger partial charge in [0.15, 0.2) is 0 Å². The summed E-state index contributed by atoms with van der Waals surface area (Å²) in [7, 11) is 0. The first-order valence-electron chi connectivity index (χ1n) is 7.79. The normalized spacial score (nSPS) is 27.6. The summed E-state index contributed by atoms with van der Waals surface area (Å²) in [5, 5.41) is 3.01. The van der Waals surface area contributed by atoms with Crippen molar-refractivity contribution in [2.75, 3.05) is 19.6 Å². The Bertz CT molecular complexity index is 548. The van der Waals surface area contributed by atoms with E-state index in [0.717, 1.165) is 5.56 Å². The van der Waals surface area contributed by atoms with Crippen LogP contribution in [0.5, 0.6) is 0 Å². The fraction of sp³-hybridized carbons (Fsp3) is 0.500. The number of rotatable bonds is 4. The molecule has 6 heteroatoms. The topological polar surface area (TPSA) is 73.5 Å². The van der Waals surface area contributed by atoms with E-state index in [4.69, 9.17) is 0 Å². The van der Waals surface area contributed by atoms with E-state index in [1.807, 2.05) is 37.3 Å². The summed E-state index contributed by atoms with van der Waals surface area (Å²) in [5.41, 5.74) is 7.11. The van der Waals surface area contributed by atoms with Gasteiger partial charge in [-0.1, -0.05) is 30.3 Å². The fourth-order valence-electron chi connectivity index (χ4n) is 3.27. The Morgan fingerprint density at radius 2 is 2.14 bits per heavy atom. The molecule has 1 aromatic carbocycles. The van der Waals surface area contributed by atoms with E-state index in [1.54, 1.807) is 4.90 Å². The van der Waals surface area contributed by atoms with Crippen LogP contribution in [0.4, 0.5) is 0 Å². The first-order valence-corrected chi connectivity index (χ1v) is 7.79. The minimum atomic E-state index is -0.291. The molecule has 0 spiro atoms. The molecule has 3 rings (SSSR count). The summed E-state index contributed by atoms with van der Waals surface area (Å²) >= 11 is 0. The predicted molar refractivity (Wildman–Crippen MR) is 82.4 cm³/mol. The molecule has 2 heterocycles. The molecule has 2 aliphatic heterocycles. The van der Waals surface area contributed by atoms with Crippen LogP contribution >= 0.6 is 0 Å². The number of carbonyl (C=O) groups is 2. The van der Waals surface area contributed by atoms with E-state index >= 15 is 0 Å². The first-order chi connectivity index (χ1) is 10.7. The molecule has 0 saturated carbocycles. The Labute approximate surface area is 130 Å². The van der Waals surface area contributed by atoms with Crippen LogP contribution in [-0.4, -0.2) is 42.4 Å². The second-order valence-electron chi connectivity index (χ2n) is 5.85. The van der Waals surface area contributed by atoms with Crippen LogP contribution in [0, 0.1) is 11.8 Å². The summed E-state index contributed by atoms with van der Waals surface area (Å²) in [4.78, 5) is 26.6. The summed E-state index contributed by atoms with van der Waals surface area (Å²) in [6, 6.07) is 9.56. The number of nitrogens with zero attached hydrogens (tertiary/aromatic N) is 1. The van der Waals surface area contributed by atoms with E-state index in [-0.39, 0.29) is 29.7 Å². The molecule has 3 unspecified atom stereocenters. The van der Waals surface area contributed by atoms with Crippen molar-refractivity contribution in [1.82, 2.24) is 21.1 Å². The average Bonchev–Trinajstić information content (AvgIpc) is 3.04. The van der Waals surface area contributed by atoms with Gasteiger partial charge in [-0.05, 0) is 12.5 Å². The lowest BCUT2D eigenvalue weighted by molar-refractivity contribution is -0.143. The fourth-order valence-corrected chi connectivity index (χ4v) is 3.27. The highest BCUT2D eigenvalue weighted by molar-refractivity contribution is 5.88. The highest BCUT2D eigenvalue weighted by Crippen LogP contribution is 2.27. The predicted octanol–water partition coefficient (Wildman–Crippen LogP) is -0.126. The zero-order valence-electron chi connectivity index (χ0n) is 12.7. The van der Waals surface area contributed by atoms with Crippen LogP contribution in [0.15, 0.2) is 30.3 Å². The summed E-state index contributed by atoms with van der Waals surface area (Å²) in [6.07, 6.45) is 0. The Hall–Kier alpha value is -1.92. The highest BCUT2D eigenvalue weighted by Gasteiger charge is 2.47. The third-order valence-electron chi connectivity index (χ3n) is 4.56. The molecule has 3 N–H and O–H groups in total. The zero-order chi connectivity index (χ0) is 15.5. The molecule has 0 aliphatic carbocycles. The van der Waals surface area contributed by atoms with Crippen LogP contribution in [-0.2, 0) is 16.1 Å². The average molecular weight is 302 g/mol. The molecule has 2 amide bonds. The molecule has 6 nitrogen and oxygen atoms in total. The standard InChI is InChI=1S/C16H22N4O2/c1-2-20-10-13(12-9-18-19-14(12)16(20)22)15(21)17-8-11-6-4-3-5-7-11/h3-7,12-14,18-19H,2,8-10H2,1H3,(H,17,21). The number of hydrogen-bond donors (Lipinski definition) is 3. The zero-order valence-corrected chi connectivity index (χ0v) is 12.7. The number of piperidine rings is 1. The van der Waals surface area contributed by atoms with Crippen molar-refractivity contribution >= 4 is 11.8 Å². The van der Waals surface area contributed by atoms with Crippen molar-refractivity contribution in [3.8, 4) is 0 Å². The lowest BCUT2D eigenvalue weighted by atomic mass is 9.82. The molecular weight excluding hydrogens is 280 g/mol. The monoisotopic (exact) mass is 302 g/mol. The maximum Gasteiger partial charge on any atom is 0.241 e. The van der Waals surface area contributed by atoms with Gasteiger partial charge in [0.2, 0.25) is 11.8 Å². The van der Waals surface area contributed by atoms with Gasteiger partial charge >= 0.3 is 0 Å². The minimum absolute atomic E-state index is 0.0195. The Kier molecular flexibility index (Phi) is 4.40. The SMILES string of the molecule is CCN1CC(C(=O)NCc2ccccc2)C2CNNC2C1=O. The van der Waals surface area contributed by atoms with Crippen molar-refractivity contribution in [2.24, 2.45) is 11.8 Å². The lowest BCUT2D eigenvalue weighted by Crippen LogP contribution is -2.58. The second kappa shape index (κ2) is 6.46. The lowest BCUT2D eigenvalue weighted by Gasteiger charge is -2.38. The van der Waals surface area contributed by atoms with Crippen LogP contribution in [0.2, 0.25) is 0 Å². The molecule has 0 radical (unpaired) electrons. The van der Waals surface area contributed by atoms with Gasteiger partial charge in [0, 0.05) is 32.1 Å². The molecule has 118 valence electrons. The summed E-state index contributed by atoms with van der Waals surface area (Å²) in [6.45, 7) is 4.25. The van der Waals surface area contributed by atoms with Gasteiger partial charge in [-0.2, -0.15) is 0 Å². The van der Waals surface area contributed by atoms with Crippen molar-refractivity contribution in [2.45, 2.75) is 19.5 Å². The number of hydrogen-bond acceptors (Lipinski definition) is 4.